The largest absolute Gasteiger partial charge is 0.259 e. The molecule has 2 heteroatoms. The molecule has 0 amide bonds. The van der Waals surface area contributed by atoms with Crippen LogP contribution in [-0.4, -0.2) is 15.7 Å². The third kappa shape index (κ3) is 1.11. The first-order valence-electron chi connectivity index (χ1n) is 24.0. The van der Waals surface area contributed by atoms with Crippen molar-refractivity contribution >= 4 is 302 Å². The van der Waals surface area contributed by atoms with Gasteiger partial charge in [-0.25, -0.2) is 0 Å². The van der Waals surface area contributed by atoms with E-state index < -0.39 is 10.8 Å². The van der Waals surface area contributed by atoms with Gasteiger partial charge in [0.15, 0.2) is 0 Å². The molecule has 0 bridgehead atoms. The van der Waals surface area contributed by atoms with Crippen LogP contribution < -0.4 is 0 Å². The average Bonchev–Trinajstić information content (AvgIpc) is 4.13. The first-order valence-corrected chi connectivity index (χ1v) is 25.4. The molecule has 64 heavy (non-hydrogen) atoms. The molecule has 1 saturated heterocycles. The molecular formula is C62H4OS. The van der Waals surface area contributed by atoms with Gasteiger partial charge in [0.2, 0.25) is 0 Å². The van der Waals surface area contributed by atoms with Crippen molar-refractivity contribution in [3.63, 3.8) is 0 Å². The Balaban J connectivity index is 1.29. The predicted octanol–water partition coefficient (Wildman–Crippen LogP) is 16.1. The molecule has 5 aliphatic rings. The second-order valence-corrected chi connectivity index (χ2v) is 25.7. The summed E-state index contributed by atoms with van der Waals surface area (Å²) in [6.07, 6.45) is 0. The van der Waals surface area contributed by atoms with Crippen LogP contribution in [0.4, 0.5) is 0 Å². The van der Waals surface area contributed by atoms with E-state index in [2.05, 4.69) is 0 Å². The minimum absolute atomic E-state index is 0.330. The van der Waals surface area contributed by atoms with E-state index in [9.17, 15) is 0 Å². The lowest BCUT2D eigenvalue weighted by Crippen LogP contribution is -2.51. The van der Waals surface area contributed by atoms with E-state index in [-0.39, 0.29) is 10.8 Å². The molecule has 264 valence electrons. The fourth-order valence-corrected chi connectivity index (χ4v) is 26.8. The summed E-state index contributed by atoms with van der Waals surface area (Å²) in [7, 11) is -0.966. The monoisotopic (exact) mass is 796 g/mol. The van der Waals surface area contributed by atoms with Crippen molar-refractivity contribution in [2.24, 2.45) is 0 Å². The molecule has 1 heterocycles. The van der Waals surface area contributed by atoms with Gasteiger partial charge in [-0.1, -0.05) is 0 Å². The zero-order chi connectivity index (χ0) is 37.5. The molecule has 2 spiro atoms. The van der Waals surface area contributed by atoms with Crippen molar-refractivity contribution in [1.29, 1.82) is 0 Å². The van der Waals surface area contributed by atoms with Gasteiger partial charge in [0.25, 0.3) is 0 Å². The van der Waals surface area contributed by atoms with Crippen molar-refractivity contribution < 1.29 is 4.21 Å². The summed E-state index contributed by atoms with van der Waals surface area (Å²) in [6, 6.07) is 0. The van der Waals surface area contributed by atoms with Gasteiger partial charge >= 0.3 is 0 Å². The molecule has 28 aromatic carbocycles. The zero-order valence-corrected chi connectivity index (χ0v) is 33.0. The van der Waals surface area contributed by atoms with Gasteiger partial charge in [-0.3, -0.25) is 4.21 Å². The van der Waals surface area contributed by atoms with Crippen LogP contribution in [0.25, 0.3) is 291 Å². The van der Waals surface area contributed by atoms with Gasteiger partial charge in [0, 0.05) is 33.1 Å². The molecule has 4 aliphatic carbocycles. The second kappa shape index (κ2) is 4.92. The number of benzene rings is 18. The highest BCUT2D eigenvalue weighted by Crippen LogP contribution is 2.85. The molecule has 33 rings (SSSR count). The van der Waals surface area contributed by atoms with Crippen molar-refractivity contribution in [1.82, 2.24) is 0 Å². The Labute approximate surface area is 348 Å². The standard InChI is InChI=1S/C62H4OS/c63-64-1-61-57-49-41-31-21-13-5-3-4-7-11-9(5)17-25-19(11)29-23-15(7)16-8(4)12-10-6(3)14(13)22-28-18(10)26-20(12)30-24(16)34-33(23)43-37(29)47-39(25)45(35(41)27(17)21)53(57)55(47)59-51(43)52-44(34)38(30)48-40(26)46-36(28)42(32(22)31)50(49)58(61)54(46)56(48)60(52)62(59,61)2-64/h1-2H2. The summed E-state index contributed by atoms with van der Waals surface area (Å²) in [5, 5.41) is 88.2. The summed E-state index contributed by atoms with van der Waals surface area (Å²) in [4.78, 5) is 0. The summed E-state index contributed by atoms with van der Waals surface area (Å²) >= 11 is 0. The summed E-state index contributed by atoms with van der Waals surface area (Å²) in [6.45, 7) is 0. The Morgan fingerprint density at radius 3 is 0.375 bits per heavy atom. The number of rotatable bonds is 0. The number of hydrogen-bond donors (Lipinski definition) is 0. The fourth-order valence-electron chi connectivity index (χ4n) is 24.6. The van der Waals surface area contributed by atoms with E-state index in [4.69, 9.17) is 0 Å². The highest BCUT2D eigenvalue weighted by atomic mass is 32.2. The van der Waals surface area contributed by atoms with E-state index >= 15 is 4.21 Å². The van der Waals surface area contributed by atoms with Crippen molar-refractivity contribution in [3.05, 3.63) is 22.3 Å². The lowest BCUT2D eigenvalue weighted by Gasteiger charge is -2.49. The Morgan fingerprint density at radius 1 is 0.172 bits per heavy atom. The first-order chi connectivity index (χ1) is 31.8. The lowest BCUT2D eigenvalue weighted by molar-refractivity contribution is 0.415. The highest BCUT2D eigenvalue weighted by molar-refractivity contribution is 7.85. The molecule has 1 nitrogen and oxygen atoms in total. The topological polar surface area (TPSA) is 17.1 Å². The molecule has 28 aromatic rings. The van der Waals surface area contributed by atoms with Crippen LogP contribution in [0.2, 0.25) is 0 Å². The van der Waals surface area contributed by atoms with E-state index in [0.717, 1.165) is 11.5 Å². The van der Waals surface area contributed by atoms with E-state index in [1.54, 1.807) is 313 Å². The summed E-state index contributed by atoms with van der Waals surface area (Å²) in [5.74, 6) is 1.53. The Morgan fingerprint density at radius 2 is 0.266 bits per heavy atom. The van der Waals surface area contributed by atoms with Gasteiger partial charge in [-0.2, -0.15) is 0 Å². The van der Waals surface area contributed by atoms with Crippen LogP contribution >= 0.6 is 0 Å². The summed E-state index contributed by atoms with van der Waals surface area (Å²) < 4.78 is 15.6. The van der Waals surface area contributed by atoms with Gasteiger partial charge < -0.3 is 0 Å². The number of hydrogen-bond acceptors (Lipinski definition) is 1. The van der Waals surface area contributed by atoms with E-state index in [1.165, 1.54) is 0 Å². The molecule has 1 fully saturated rings. The summed E-state index contributed by atoms with van der Waals surface area (Å²) in [5.41, 5.74) is 5.98. The zero-order valence-electron chi connectivity index (χ0n) is 32.2. The van der Waals surface area contributed by atoms with Crippen molar-refractivity contribution in [3.8, 4) is 0 Å². The van der Waals surface area contributed by atoms with Crippen LogP contribution in [0.5, 0.6) is 0 Å². The maximum Gasteiger partial charge on any atom is 0.0490 e. The Bertz CT molecular complexity index is 6440. The van der Waals surface area contributed by atoms with E-state index in [0.29, 0.717) is 0 Å². The third-order valence-corrected chi connectivity index (χ3v) is 26.0. The fraction of sp³-hybridized carbons (Fsp3) is 0.0645. The molecule has 0 unspecified atom stereocenters. The Kier molecular flexibility index (Phi) is 1.75. The van der Waals surface area contributed by atoms with Gasteiger partial charge in [-0.15, -0.1) is 0 Å². The maximum atomic E-state index is 15.6. The minimum Gasteiger partial charge on any atom is -0.259 e. The van der Waals surface area contributed by atoms with Crippen molar-refractivity contribution in [2.45, 2.75) is 10.8 Å². The third-order valence-electron chi connectivity index (χ3n) is 24.4. The van der Waals surface area contributed by atoms with Gasteiger partial charge in [0.1, 0.15) is 0 Å². The Hall–Kier alpha value is -7.39. The molecular weight excluding hydrogens is 793 g/mol. The average molecular weight is 797 g/mol. The SMILES string of the molecule is O=S1CC23c4c5c6c7c8c9c(c%10c%11c2c2c4c4c%12c5c5c6c6c8c8c%13c9c9c%10c%10c%11c%11c2c2c4c4c%12c%12c5c5c6c8c6c8c%13c9c9c%10c%10c%11c2c2c4c4c%12c5c6c5c8c9c%10c2c45)C73C1. The van der Waals surface area contributed by atoms with Gasteiger partial charge in [0.05, 0.1) is 0 Å². The van der Waals surface area contributed by atoms with Crippen LogP contribution in [0, 0.1) is 0 Å². The first kappa shape index (κ1) is 22.8. The highest BCUT2D eigenvalue weighted by Gasteiger charge is 2.73. The molecule has 1 aliphatic heterocycles. The van der Waals surface area contributed by atoms with Crippen LogP contribution in [0.1, 0.15) is 22.3 Å². The predicted molar refractivity (Wildman–Crippen MR) is 272 cm³/mol. The van der Waals surface area contributed by atoms with Crippen molar-refractivity contribution in [2.75, 3.05) is 11.5 Å². The molecule has 0 atom stereocenters. The molecule has 0 N–H and O–H groups in total. The normalized spacial score (nSPS) is 24.8. The maximum absolute atomic E-state index is 15.6. The van der Waals surface area contributed by atoms with Crippen LogP contribution in [-0.2, 0) is 21.6 Å². The smallest absolute Gasteiger partial charge is 0.0490 e. The molecule has 0 radical (unpaired) electrons. The quantitative estimate of drug-likeness (QED) is 0.140. The van der Waals surface area contributed by atoms with Crippen LogP contribution in [0.15, 0.2) is 0 Å². The van der Waals surface area contributed by atoms with E-state index in [1.807, 2.05) is 0 Å². The molecule has 0 aromatic heterocycles. The minimum atomic E-state index is -0.966. The van der Waals surface area contributed by atoms with Crippen LogP contribution in [0.3, 0.4) is 0 Å². The lowest BCUT2D eigenvalue weighted by atomic mass is 9.50. The van der Waals surface area contributed by atoms with Gasteiger partial charge in [-0.05, 0) is 313 Å². The second-order valence-electron chi connectivity index (χ2n) is 24.3. The molecule has 0 saturated carbocycles.